The van der Waals surface area contributed by atoms with Crippen LogP contribution in [-0.4, -0.2) is 5.97 Å². The molecule has 1 aliphatic rings. The normalized spacial score (nSPS) is 18.5. The summed E-state index contributed by atoms with van der Waals surface area (Å²) in [4.78, 5) is 12.9. The van der Waals surface area contributed by atoms with Gasteiger partial charge in [0, 0.05) is 15.6 Å². The molecular weight excluding hydrogens is 488 g/mol. The molecule has 2 atom stereocenters. The largest absolute Gasteiger partial charge is 0.461 e. The fourth-order valence-electron chi connectivity index (χ4n) is 4.09. The molecule has 0 bridgehead atoms. The average Bonchev–Trinajstić information content (AvgIpc) is 3.39. The molecule has 7 heteroatoms. The number of benzene rings is 3. The summed E-state index contributed by atoms with van der Waals surface area (Å²) in [5.41, 5.74) is 0.810. The van der Waals surface area contributed by atoms with E-state index in [0.717, 1.165) is 5.56 Å². The van der Waals surface area contributed by atoms with E-state index in [9.17, 15) is 14.4 Å². The van der Waals surface area contributed by atoms with Crippen LogP contribution in [0.4, 0.5) is 4.39 Å². The van der Waals surface area contributed by atoms with Crippen molar-refractivity contribution in [2.45, 2.75) is 20.5 Å². The minimum Gasteiger partial charge on any atom is -0.461 e. The maximum Gasteiger partial charge on any atom is 0.310 e. The number of para-hydroxylation sites is 1. The monoisotopic (exact) mass is 509 g/mol. The van der Waals surface area contributed by atoms with E-state index < -0.39 is 17.7 Å². The number of carbonyl (C=O) groups excluding carboxylic acids is 1. The Morgan fingerprint density at radius 1 is 1.11 bits per heavy atom. The van der Waals surface area contributed by atoms with Crippen LogP contribution in [0, 0.1) is 34.4 Å². The number of rotatable bonds is 7. The molecule has 0 spiro atoms. The van der Waals surface area contributed by atoms with E-state index in [2.05, 4.69) is 0 Å². The van der Waals surface area contributed by atoms with Gasteiger partial charge in [0.1, 0.15) is 24.0 Å². The van der Waals surface area contributed by atoms with Gasteiger partial charge in [-0.05, 0) is 47.2 Å². The molecule has 0 saturated heterocycles. The Morgan fingerprint density at radius 3 is 2.46 bits per heavy atom. The third-order valence-electron chi connectivity index (χ3n) is 6.25. The van der Waals surface area contributed by atoms with Gasteiger partial charge in [0.2, 0.25) is 0 Å². The van der Waals surface area contributed by atoms with Gasteiger partial charge in [-0.3, -0.25) is 4.79 Å². The zero-order valence-electron chi connectivity index (χ0n) is 19.1. The third-order valence-corrected chi connectivity index (χ3v) is 6.85. The van der Waals surface area contributed by atoms with Crippen LogP contribution in [-0.2, 0) is 16.1 Å². The van der Waals surface area contributed by atoms with E-state index >= 15 is 0 Å². The lowest BCUT2D eigenvalue weighted by Gasteiger charge is -2.12. The smallest absolute Gasteiger partial charge is 0.310 e. The van der Waals surface area contributed by atoms with Crippen LogP contribution in [0.5, 0.6) is 11.5 Å². The Labute approximate surface area is 213 Å². The number of halogens is 3. The van der Waals surface area contributed by atoms with E-state index in [-0.39, 0.29) is 29.3 Å². The first kappa shape index (κ1) is 24.8. The molecular formula is C28H22Cl2FNO3. The first-order chi connectivity index (χ1) is 16.7. The summed E-state index contributed by atoms with van der Waals surface area (Å²) in [5.74, 6) is -1.40. The lowest BCUT2D eigenvalue weighted by atomic mass is 10.1. The van der Waals surface area contributed by atoms with Crippen molar-refractivity contribution in [3.63, 3.8) is 0 Å². The topological polar surface area (TPSA) is 59.3 Å². The standard InChI is InChI=1S/C28H22Cl2FNO3/c1-28(2)22(14-23(30)17-8-11-19(29)12-9-17)25(28)27(33)34-16-18-10-13-24(31)26(21(18)15-32)35-20-6-4-3-5-7-20/h3-14,22,25H,16H2,1-2H3/t22-,25+/m1/s1. The van der Waals surface area contributed by atoms with Crippen LogP contribution in [0.15, 0.2) is 72.8 Å². The van der Waals surface area contributed by atoms with Crippen molar-refractivity contribution in [2.24, 2.45) is 17.3 Å². The predicted molar refractivity (Wildman–Crippen MR) is 133 cm³/mol. The zero-order valence-corrected chi connectivity index (χ0v) is 20.6. The molecule has 0 amide bonds. The molecule has 1 aliphatic carbocycles. The first-order valence-electron chi connectivity index (χ1n) is 11.0. The average molecular weight is 510 g/mol. The Kier molecular flexibility index (Phi) is 7.16. The SMILES string of the molecule is CC1(C)[C@H](C=C(Cl)c2ccc(Cl)cc2)[C@H]1C(=O)OCc1ccc(F)c(Oc2ccccc2)c1C#N. The van der Waals surface area contributed by atoms with E-state index in [1.165, 1.54) is 12.1 Å². The molecule has 3 aromatic carbocycles. The Balaban J connectivity index is 1.47. The summed E-state index contributed by atoms with van der Waals surface area (Å²) < 4.78 is 25.6. The number of hydrogen-bond donors (Lipinski definition) is 0. The molecule has 0 unspecified atom stereocenters. The zero-order chi connectivity index (χ0) is 25.2. The molecule has 4 nitrogen and oxygen atoms in total. The van der Waals surface area contributed by atoms with Gasteiger partial charge < -0.3 is 9.47 Å². The van der Waals surface area contributed by atoms with Crippen LogP contribution >= 0.6 is 23.2 Å². The number of nitriles is 1. The summed E-state index contributed by atoms with van der Waals surface area (Å²) in [7, 11) is 0. The van der Waals surface area contributed by atoms with Crippen LogP contribution in [0.25, 0.3) is 5.03 Å². The van der Waals surface area contributed by atoms with Gasteiger partial charge in [0.15, 0.2) is 11.6 Å². The fourth-order valence-corrected chi connectivity index (χ4v) is 4.48. The number of carbonyl (C=O) groups is 1. The summed E-state index contributed by atoms with van der Waals surface area (Å²) in [5, 5.41) is 10.8. The van der Waals surface area contributed by atoms with Gasteiger partial charge in [-0.2, -0.15) is 5.26 Å². The quantitative estimate of drug-likeness (QED) is 0.305. The minimum atomic E-state index is -0.675. The van der Waals surface area contributed by atoms with Crippen LogP contribution < -0.4 is 4.74 Å². The molecule has 35 heavy (non-hydrogen) atoms. The highest BCUT2D eigenvalue weighted by Gasteiger charge is 2.61. The van der Waals surface area contributed by atoms with E-state index in [1.54, 1.807) is 42.5 Å². The van der Waals surface area contributed by atoms with Gasteiger partial charge >= 0.3 is 5.97 Å². The number of esters is 1. The van der Waals surface area contributed by atoms with Gasteiger partial charge in [-0.15, -0.1) is 0 Å². The van der Waals surface area contributed by atoms with Crippen LogP contribution in [0.2, 0.25) is 5.02 Å². The molecule has 0 radical (unpaired) electrons. The Bertz CT molecular complexity index is 1310. The lowest BCUT2D eigenvalue weighted by Crippen LogP contribution is -2.11. The summed E-state index contributed by atoms with van der Waals surface area (Å²) in [6.07, 6.45) is 1.86. The number of ether oxygens (including phenoxy) is 2. The van der Waals surface area contributed by atoms with Crippen molar-refractivity contribution in [1.29, 1.82) is 5.26 Å². The molecule has 178 valence electrons. The molecule has 4 rings (SSSR count). The summed E-state index contributed by atoms with van der Waals surface area (Å²) in [6, 6.07) is 20.3. The second-order valence-electron chi connectivity index (χ2n) is 8.89. The van der Waals surface area contributed by atoms with Gasteiger partial charge in [-0.1, -0.05) is 79.5 Å². The van der Waals surface area contributed by atoms with Crippen molar-refractivity contribution in [1.82, 2.24) is 0 Å². The van der Waals surface area contributed by atoms with Crippen molar-refractivity contribution in [3.05, 3.63) is 100 Å². The van der Waals surface area contributed by atoms with E-state index in [0.29, 0.717) is 21.4 Å². The third kappa shape index (κ3) is 5.35. The number of hydrogen-bond acceptors (Lipinski definition) is 4. The first-order valence-corrected chi connectivity index (χ1v) is 11.7. The second-order valence-corrected chi connectivity index (χ2v) is 9.74. The molecule has 0 N–H and O–H groups in total. The van der Waals surface area contributed by atoms with E-state index in [1.807, 2.05) is 38.1 Å². The molecule has 1 saturated carbocycles. The molecule has 3 aromatic rings. The fraction of sp³-hybridized carbons (Fsp3) is 0.214. The van der Waals surface area contributed by atoms with Crippen molar-refractivity contribution >= 4 is 34.2 Å². The number of allylic oxidation sites excluding steroid dienone is 1. The Hall–Kier alpha value is -3.33. The summed E-state index contributed by atoms with van der Waals surface area (Å²) >= 11 is 12.4. The van der Waals surface area contributed by atoms with Crippen molar-refractivity contribution < 1.29 is 18.7 Å². The minimum absolute atomic E-state index is 0.0149. The highest BCUT2D eigenvalue weighted by molar-refractivity contribution is 6.48. The number of nitrogens with zero attached hydrogens (tertiary/aromatic N) is 1. The maximum absolute atomic E-state index is 14.5. The van der Waals surface area contributed by atoms with Gasteiger partial charge in [0.25, 0.3) is 0 Å². The molecule has 0 heterocycles. The highest BCUT2D eigenvalue weighted by atomic mass is 35.5. The van der Waals surface area contributed by atoms with Crippen LogP contribution in [0.3, 0.4) is 0 Å². The summed E-state index contributed by atoms with van der Waals surface area (Å²) in [6.45, 7) is 3.76. The highest BCUT2D eigenvalue weighted by Crippen LogP contribution is 2.60. The predicted octanol–water partition coefficient (Wildman–Crippen LogP) is 7.74. The molecule has 0 aliphatic heterocycles. The van der Waals surface area contributed by atoms with Crippen molar-refractivity contribution in [2.75, 3.05) is 0 Å². The van der Waals surface area contributed by atoms with Gasteiger partial charge in [0.05, 0.1) is 5.92 Å². The molecule has 1 fully saturated rings. The van der Waals surface area contributed by atoms with E-state index in [4.69, 9.17) is 32.7 Å². The van der Waals surface area contributed by atoms with Gasteiger partial charge in [-0.25, -0.2) is 4.39 Å². The second kappa shape index (κ2) is 10.1. The Morgan fingerprint density at radius 2 is 1.80 bits per heavy atom. The molecule has 0 aromatic heterocycles. The maximum atomic E-state index is 14.5. The van der Waals surface area contributed by atoms with Crippen LogP contribution in [0.1, 0.15) is 30.5 Å². The lowest BCUT2D eigenvalue weighted by molar-refractivity contribution is -0.147. The van der Waals surface area contributed by atoms with Crippen molar-refractivity contribution in [3.8, 4) is 17.6 Å².